The van der Waals surface area contributed by atoms with E-state index >= 15 is 0 Å². The summed E-state index contributed by atoms with van der Waals surface area (Å²) in [7, 11) is 0. The monoisotopic (exact) mass is 284 g/mol. The van der Waals surface area contributed by atoms with Gasteiger partial charge >= 0.3 is 12.6 Å². The number of hydrogen-bond acceptors (Lipinski definition) is 2. The van der Waals surface area contributed by atoms with Crippen molar-refractivity contribution in [1.29, 1.82) is 0 Å². The number of hydrogen-bond donors (Lipinski definition) is 2. The van der Waals surface area contributed by atoms with Crippen LogP contribution in [0.2, 0.25) is 0 Å². The van der Waals surface area contributed by atoms with Gasteiger partial charge in [-0.2, -0.15) is 8.78 Å². The van der Waals surface area contributed by atoms with E-state index in [9.17, 15) is 13.6 Å². The lowest BCUT2D eigenvalue weighted by atomic mass is 9.96. The molecule has 110 valence electrons. The number of halogens is 2. The zero-order valence-electron chi connectivity index (χ0n) is 11.1. The summed E-state index contributed by atoms with van der Waals surface area (Å²) in [6, 6.07) is 5.84. The Morgan fingerprint density at radius 3 is 2.70 bits per heavy atom. The van der Waals surface area contributed by atoms with Crippen LogP contribution in [-0.4, -0.2) is 18.7 Å². The van der Waals surface area contributed by atoms with Gasteiger partial charge in [0.25, 0.3) is 0 Å². The van der Waals surface area contributed by atoms with Crippen LogP contribution >= 0.6 is 0 Å². The van der Waals surface area contributed by atoms with Crippen molar-refractivity contribution in [2.45, 2.75) is 44.8 Å². The van der Waals surface area contributed by atoms with Crippen molar-refractivity contribution >= 4 is 11.7 Å². The molecule has 0 bridgehead atoms. The quantitative estimate of drug-likeness (QED) is 0.884. The Kier molecular flexibility index (Phi) is 5.15. The van der Waals surface area contributed by atoms with E-state index in [0.717, 1.165) is 25.7 Å². The van der Waals surface area contributed by atoms with Crippen LogP contribution in [0, 0.1) is 0 Å². The van der Waals surface area contributed by atoms with Gasteiger partial charge in [-0.25, -0.2) is 4.79 Å². The number of alkyl halides is 2. The van der Waals surface area contributed by atoms with Crippen LogP contribution in [0.1, 0.15) is 32.1 Å². The Labute approximate surface area is 116 Å². The van der Waals surface area contributed by atoms with Crippen LogP contribution in [0.15, 0.2) is 24.3 Å². The van der Waals surface area contributed by atoms with Gasteiger partial charge in [-0.15, -0.1) is 0 Å². The van der Waals surface area contributed by atoms with Crippen molar-refractivity contribution in [3.8, 4) is 5.75 Å². The second-order valence-electron chi connectivity index (χ2n) is 4.84. The van der Waals surface area contributed by atoms with Crippen molar-refractivity contribution in [2.75, 3.05) is 5.32 Å². The summed E-state index contributed by atoms with van der Waals surface area (Å²) in [5.74, 6) is 0.0236. The summed E-state index contributed by atoms with van der Waals surface area (Å²) in [5, 5.41) is 5.52. The van der Waals surface area contributed by atoms with Gasteiger partial charge in [0.1, 0.15) is 5.75 Å². The van der Waals surface area contributed by atoms with Gasteiger partial charge in [0.15, 0.2) is 0 Å². The molecule has 4 nitrogen and oxygen atoms in total. The topological polar surface area (TPSA) is 50.4 Å². The first-order valence-electron chi connectivity index (χ1n) is 6.76. The Hall–Kier alpha value is -1.85. The lowest BCUT2D eigenvalue weighted by Gasteiger charge is -2.22. The van der Waals surface area contributed by atoms with E-state index < -0.39 is 6.61 Å². The van der Waals surface area contributed by atoms with Crippen molar-refractivity contribution in [3.05, 3.63) is 24.3 Å². The third-order valence-electron chi connectivity index (χ3n) is 3.26. The number of ether oxygens (including phenoxy) is 1. The highest BCUT2D eigenvalue weighted by molar-refractivity contribution is 5.89. The Balaban J connectivity index is 1.86. The molecule has 0 aliphatic heterocycles. The minimum atomic E-state index is -2.87. The molecule has 1 saturated carbocycles. The molecule has 1 aromatic carbocycles. The fourth-order valence-electron chi connectivity index (χ4n) is 2.35. The molecule has 2 N–H and O–H groups in total. The number of urea groups is 1. The zero-order valence-corrected chi connectivity index (χ0v) is 11.1. The second kappa shape index (κ2) is 7.07. The first kappa shape index (κ1) is 14.6. The standard InChI is InChI=1S/C14H18F2N2O2/c15-13(16)20-12-8-4-7-11(9-12)18-14(19)17-10-5-2-1-3-6-10/h4,7-10,13H,1-3,5-6H2,(H2,17,18,19). The molecule has 0 saturated heterocycles. The molecule has 6 heteroatoms. The third kappa shape index (κ3) is 4.68. The lowest BCUT2D eigenvalue weighted by Crippen LogP contribution is -2.39. The average Bonchev–Trinajstić information content (AvgIpc) is 2.39. The number of amides is 2. The fourth-order valence-corrected chi connectivity index (χ4v) is 2.35. The molecule has 0 radical (unpaired) electrons. The summed E-state index contributed by atoms with van der Waals surface area (Å²) in [6.07, 6.45) is 5.45. The van der Waals surface area contributed by atoms with Gasteiger partial charge in [-0.3, -0.25) is 0 Å². The van der Waals surface area contributed by atoms with E-state index in [4.69, 9.17) is 0 Å². The summed E-state index contributed by atoms with van der Waals surface area (Å²) in [5.41, 5.74) is 0.427. The minimum Gasteiger partial charge on any atom is -0.435 e. The lowest BCUT2D eigenvalue weighted by molar-refractivity contribution is -0.0497. The molecular formula is C14H18F2N2O2. The van der Waals surface area contributed by atoms with Crippen LogP contribution in [0.25, 0.3) is 0 Å². The molecule has 0 aromatic heterocycles. The van der Waals surface area contributed by atoms with Crippen molar-refractivity contribution in [3.63, 3.8) is 0 Å². The molecule has 20 heavy (non-hydrogen) atoms. The van der Waals surface area contributed by atoms with Crippen LogP contribution in [0.5, 0.6) is 5.75 Å². The van der Waals surface area contributed by atoms with Crippen molar-refractivity contribution < 1.29 is 18.3 Å². The number of rotatable bonds is 4. The van der Waals surface area contributed by atoms with Crippen LogP contribution in [0.4, 0.5) is 19.3 Å². The maximum atomic E-state index is 12.1. The Bertz CT molecular complexity index is 449. The van der Waals surface area contributed by atoms with Gasteiger partial charge in [-0.1, -0.05) is 25.3 Å². The SMILES string of the molecule is O=C(Nc1cccc(OC(F)F)c1)NC1CCCCC1. The predicted octanol–water partition coefficient (Wildman–Crippen LogP) is 3.74. The molecular weight excluding hydrogens is 266 g/mol. The fraction of sp³-hybridized carbons (Fsp3) is 0.500. The summed E-state index contributed by atoms with van der Waals surface area (Å²) < 4.78 is 28.5. The van der Waals surface area contributed by atoms with Crippen molar-refractivity contribution in [1.82, 2.24) is 5.32 Å². The summed E-state index contributed by atoms with van der Waals surface area (Å²) in [4.78, 5) is 11.8. The Morgan fingerprint density at radius 2 is 2.00 bits per heavy atom. The molecule has 2 amide bonds. The molecule has 1 aliphatic carbocycles. The Morgan fingerprint density at radius 1 is 1.25 bits per heavy atom. The van der Waals surface area contributed by atoms with E-state index in [0.29, 0.717) is 5.69 Å². The predicted molar refractivity (Wildman–Crippen MR) is 72.1 cm³/mol. The summed E-state index contributed by atoms with van der Waals surface area (Å²) in [6.45, 7) is -2.87. The number of nitrogens with one attached hydrogen (secondary N) is 2. The number of carbonyl (C=O) groups is 1. The molecule has 0 unspecified atom stereocenters. The highest BCUT2D eigenvalue weighted by Gasteiger charge is 2.15. The molecule has 1 aromatic rings. The number of anilines is 1. The van der Waals surface area contributed by atoms with Gasteiger partial charge in [-0.05, 0) is 25.0 Å². The molecule has 0 spiro atoms. The van der Waals surface area contributed by atoms with Gasteiger partial charge in [0.05, 0.1) is 0 Å². The number of carbonyl (C=O) groups excluding carboxylic acids is 1. The first-order valence-corrected chi connectivity index (χ1v) is 6.76. The molecule has 0 heterocycles. The van der Waals surface area contributed by atoms with E-state index in [2.05, 4.69) is 15.4 Å². The maximum Gasteiger partial charge on any atom is 0.387 e. The molecule has 1 fully saturated rings. The first-order chi connectivity index (χ1) is 9.63. The van der Waals surface area contributed by atoms with E-state index in [1.54, 1.807) is 12.1 Å². The highest BCUT2D eigenvalue weighted by atomic mass is 19.3. The maximum absolute atomic E-state index is 12.1. The van der Waals surface area contributed by atoms with Gasteiger partial charge in [0.2, 0.25) is 0 Å². The smallest absolute Gasteiger partial charge is 0.387 e. The van der Waals surface area contributed by atoms with Crippen LogP contribution < -0.4 is 15.4 Å². The summed E-state index contributed by atoms with van der Waals surface area (Å²) >= 11 is 0. The van der Waals surface area contributed by atoms with Crippen molar-refractivity contribution in [2.24, 2.45) is 0 Å². The second-order valence-corrected chi connectivity index (χ2v) is 4.84. The average molecular weight is 284 g/mol. The minimum absolute atomic E-state index is 0.0236. The normalized spacial score (nSPS) is 15.9. The highest BCUT2D eigenvalue weighted by Crippen LogP contribution is 2.20. The van der Waals surface area contributed by atoms with Crippen LogP contribution in [0.3, 0.4) is 0 Å². The third-order valence-corrected chi connectivity index (χ3v) is 3.26. The van der Waals surface area contributed by atoms with E-state index in [1.165, 1.54) is 18.6 Å². The van der Waals surface area contributed by atoms with E-state index in [1.807, 2.05) is 0 Å². The van der Waals surface area contributed by atoms with E-state index in [-0.39, 0.29) is 17.8 Å². The molecule has 0 atom stereocenters. The van der Waals surface area contributed by atoms with Gasteiger partial charge < -0.3 is 15.4 Å². The zero-order chi connectivity index (χ0) is 14.4. The number of benzene rings is 1. The largest absolute Gasteiger partial charge is 0.435 e. The molecule has 2 rings (SSSR count). The van der Waals surface area contributed by atoms with Gasteiger partial charge in [0, 0.05) is 17.8 Å². The van der Waals surface area contributed by atoms with Crippen LogP contribution in [-0.2, 0) is 0 Å². The molecule has 1 aliphatic rings.